The zero-order valence-electron chi connectivity index (χ0n) is 13.1. The highest BCUT2D eigenvalue weighted by atomic mass is 16.5. The van der Waals surface area contributed by atoms with Gasteiger partial charge >= 0.3 is 0 Å². The fourth-order valence-electron chi connectivity index (χ4n) is 2.57. The number of nitrogens with one attached hydrogen (secondary N) is 2. The third-order valence-electron chi connectivity index (χ3n) is 3.89. The predicted octanol–water partition coefficient (Wildman–Crippen LogP) is 1.51. The quantitative estimate of drug-likeness (QED) is 0.756. The minimum absolute atomic E-state index is 0.162. The summed E-state index contributed by atoms with van der Waals surface area (Å²) in [5.74, 6) is 0.507. The maximum Gasteiger partial charge on any atom is 0.271 e. The van der Waals surface area contributed by atoms with Crippen LogP contribution in [0.5, 0.6) is 0 Å². The summed E-state index contributed by atoms with van der Waals surface area (Å²) in [4.78, 5) is 14.4. The van der Waals surface area contributed by atoms with Crippen LogP contribution >= 0.6 is 0 Å². The number of hydrogen-bond acceptors (Lipinski definition) is 5. The fraction of sp³-hybridized carbons (Fsp3) is 0.500. The summed E-state index contributed by atoms with van der Waals surface area (Å²) in [5, 5.41) is 9.74. The lowest BCUT2D eigenvalue weighted by atomic mass is 10.2. The molecule has 0 unspecified atom stereocenters. The van der Waals surface area contributed by atoms with Gasteiger partial charge in [-0.05, 0) is 31.5 Å². The number of H-pyrrole nitrogens is 1. The number of morpholine rings is 1. The Kier molecular flexibility index (Phi) is 5.44. The predicted molar refractivity (Wildman–Crippen MR) is 85.1 cm³/mol. The van der Waals surface area contributed by atoms with Crippen molar-refractivity contribution in [2.45, 2.75) is 12.8 Å². The molecule has 7 nitrogen and oxygen atoms in total. The van der Waals surface area contributed by atoms with Crippen molar-refractivity contribution in [3.8, 4) is 11.5 Å². The molecule has 7 heteroatoms. The maximum absolute atomic E-state index is 12.0. The number of carbonyl (C=O) groups is 1. The molecular formula is C16H22N4O3. The molecule has 1 fully saturated rings. The van der Waals surface area contributed by atoms with Crippen LogP contribution in [-0.2, 0) is 4.74 Å². The second-order valence-electron chi connectivity index (χ2n) is 5.56. The van der Waals surface area contributed by atoms with Crippen LogP contribution in [0.15, 0.2) is 28.9 Å². The van der Waals surface area contributed by atoms with Gasteiger partial charge in [-0.1, -0.05) is 0 Å². The summed E-state index contributed by atoms with van der Waals surface area (Å²) < 4.78 is 10.6. The lowest BCUT2D eigenvalue weighted by molar-refractivity contribution is 0.0372. The first-order chi connectivity index (χ1) is 11.3. The van der Waals surface area contributed by atoms with E-state index in [9.17, 15) is 4.79 Å². The van der Waals surface area contributed by atoms with Gasteiger partial charge in [-0.2, -0.15) is 5.10 Å². The Bertz CT molecular complexity index is 603. The van der Waals surface area contributed by atoms with Crippen LogP contribution in [-0.4, -0.2) is 60.4 Å². The Hall–Kier alpha value is -2.12. The van der Waals surface area contributed by atoms with Crippen LogP contribution in [0.25, 0.3) is 11.5 Å². The number of carbonyl (C=O) groups excluding carboxylic acids is 1. The SMILES string of the molecule is O=C(NCCCCN1CCOCC1)c1cc(-c2ccco2)[nH]n1. The molecule has 0 saturated carbocycles. The Labute approximate surface area is 135 Å². The van der Waals surface area contributed by atoms with Crippen LogP contribution in [0.4, 0.5) is 0 Å². The molecule has 1 aliphatic rings. The number of aromatic amines is 1. The van der Waals surface area contributed by atoms with Gasteiger partial charge in [0.1, 0.15) is 5.69 Å². The summed E-state index contributed by atoms with van der Waals surface area (Å²) >= 11 is 0. The van der Waals surface area contributed by atoms with Gasteiger partial charge in [-0.15, -0.1) is 0 Å². The minimum atomic E-state index is -0.162. The van der Waals surface area contributed by atoms with Crippen LogP contribution in [0.1, 0.15) is 23.3 Å². The van der Waals surface area contributed by atoms with E-state index < -0.39 is 0 Å². The molecule has 3 rings (SSSR count). The summed E-state index contributed by atoms with van der Waals surface area (Å²) in [6.07, 6.45) is 3.61. The molecule has 0 aliphatic carbocycles. The van der Waals surface area contributed by atoms with Crippen LogP contribution in [0.2, 0.25) is 0 Å². The number of amides is 1. The van der Waals surface area contributed by atoms with Crippen molar-refractivity contribution in [1.82, 2.24) is 20.4 Å². The van der Waals surface area contributed by atoms with E-state index in [1.807, 2.05) is 6.07 Å². The number of aromatic nitrogens is 2. The van der Waals surface area contributed by atoms with Crippen molar-refractivity contribution in [2.24, 2.45) is 0 Å². The highest BCUT2D eigenvalue weighted by molar-refractivity contribution is 5.93. The molecule has 0 aromatic carbocycles. The summed E-state index contributed by atoms with van der Waals surface area (Å²) in [6, 6.07) is 5.31. The van der Waals surface area contributed by atoms with Gasteiger partial charge in [0, 0.05) is 25.7 Å². The number of nitrogens with zero attached hydrogens (tertiary/aromatic N) is 2. The smallest absolute Gasteiger partial charge is 0.271 e. The van der Waals surface area contributed by atoms with Gasteiger partial charge < -0.3 is 14.5 Å². The number of unbranched alkanes of at least 4 members (excludes halogenated alkanes) is 1. The molecule has 1 amide bonds. The zero-order chi connectivity index (χ0) is 15.9. The van der Waals surface area contributed by atoms with Gasteiger partial charge in [0.25, 0.3) is 5.91 Å². The molecule has 0 atom stereocenters. The molecular weight excluding hydrogens is 296 g/mol. The Morgan fingerprint density at radius 2 is 2.22 bits per heavy atom. The maximum atomic E-state index is 12.0. The van der Waals surface area contributed by atoms with Crippen molar-refractivity contribution < 1.29 is 13.9 Å². The summed E-state index contributed by atoms with van der Waals surface area (Å²) in [6.45, 7) is 5.39. The van der Waals surface area contributed by atoms with Crippen molar-refractivity contribution in [3.63, 3.8) is 0 Å². The monoisotopic (exact) mass is 318 g/mol. The van der Waals surface area contributed by atoms with E-state index in [2.05, 4.69) is 20.4 Å². The third kappa shape index (κ3) is 4.43. The number of hydrogen-bond donors (Lipinski definition) is 2. The Balaban J connectivity index is 1.36. The second kappa shape index (κ2) is 7.94. The van der Waals surface area contributed by atoms with Gasteiger partial charge in [0.2, 0.25) is 0 Å². The normalized spacial score (nSPS) is 15.7. The molecule has 0 spiro atoms. The number of furan rings is 1. The van der Waals surface area contributed by atoms with E-state index in [0.717, 1.165) is 45.7 Å². The van der Waals surface area contributed by atoms with E-state index in [-0.39, 0.29) is 5.91 Å². The average molecular weight is 318 g/mol. The third-order valence-corrected chi connectivity index (χ3v) is 3.89. The Morgan fingerprint density at radius 1 is 1.35 bits per heavy atom. The molecule has 1 saturated heterocycles. The molecule has 0 bridgehead atoms. The van der Waals surface area contributed by atoms with E-state index in [0.29, 0.717) is 23.7 Å². The topological polar surface area (TPSA) is 83.4 Å². The van der Waals surface area contributed by atoms with E-state index in [1.165, 1.54) is 0 Å². The zero-order valence-corrected chi connectivity index (χ0v) is 13.1. The van der Waals surface area contributed by atoms with Gasteiger partial charge in [-0.25, -0.2) is 0 Å². The fourth-order valence-corrected chi connectivity index (χ4v) is 2.57. The van der Waals surface area contributed by atoms with Crippen LogP contribution in [0, 0.1) is 0 Å². The molecule has 0 radical (unpaired) electrons. The molecule has 124 valence electrons. The first-order valence-electron chi connectivity index (χ1n) is 8.00. The largest absolute Gasteiger partial charge is 0.463 e. The van der Waals surface area contributed by atoms with Crippen molar-refractivity contribution in [3.05, 3.63) is 30.2 Å². The summed E-state index contributed by atoms with van der Waals surface area (Å²) in [5.41, 5.74) is 1.08. The second-order valence-corrected chi connectivity index (χ2v) is 5.56. The molecule has 2 aromatic heterocycles. The highest BCUT2D eigenvalue weighted by Crippen LogP contribution is 2.17. The molecule has 2 N–H and O–H groups in total. The van der Waals surface area contributed by atoms with E-state index in [4.69, 9.17) is 9.15 Å². The first kappa shape index (κ1) is 15.8. The van der Waals surface area contributed by atoms with E-state index >= 15 is 0 Å². The lowest BCUT2D eigenvalue weighted by Gasteiger charge is -2.26. The number of rotatable bonds is 7. The summed E-state index contributed by atoms with van der Waals surface area (Å²) in [7, 11) is 0. The van der Waals surface area contributed by atoms with Gasteiger partial charge in [0.05, 0.1) is 19.5 Å². The Morgan fingerprint density at radius 3 is 3.00 bits per heavy atom. The van der Waals surface area contributed by atoms with Crippen LogP contribution in [0.3, 0.4) is 0 Å². The molecule has 2 aromatic rings. The van der Waals surface area contributed by atoms with E-state index in [1.54, 1.807) is 18.4 Å². The number of ether oxygens (including phenoxy) is 1. The van der Waals surface area contributed by atoms with Crippen LogP contribution < -0.4 is 5.32 Å². The first-order valence-corrected chi connectivity index (χ1v) is 8.00. The van der Waals surface area contributed by atoms with Crippen molar-refractivity contribution in [1.29, 1.82) is 0 Å². The van der Waals surface area contributed by atoms with Crippen molar-refractivity contribution in [2.75, 3.05) is 39.4 Å². The molecule has 23 heavy (non-hydrogen) atoms. The minimum Gasteiger partial charge on any atom is -0.463 e. The molecule has 3 heterocycles. The molecule has 1 aliphatic heterocycles. The average Bonchev–Trinajstić information content (AvgIpc) is 3.26. The highest BCUT2D eigenvalue weighted by Gasteiger charge is 2.12. The lowest BCUT2D eigenvalue weighted by Crippen LogP contribution is -2.37. The van der Waals surface area contributed by atoms with Gasteiger partial charge in [0.15, 0.2) is 11.5 Å². The van der Waals surface area contributed by atoms with Gasteiger partial charge in [-0.3, -0.25) is 14.8 Å². The van der Waals surface area contributed by atoms with Crippen molar-refractivity contribution >= 4 is 5.91 Å². The standard InChI is InChI=1S/C16H22N4O3/c21-16(14-12-13(18-19-14)15-4-3-9-23-15)17-5-1-2-6-20-7-10-22-11-8-20/h3-4,9,12H,1-2,5-8,10-11H2,(H,17,21)(H,18,19).